The number of hydrogen-bond donors (Lipinski definition) is 1. The number of piperidine rings is 1. The standard InChI is InChI=1S/C19H28N2O3/c1-13-10-17(23-2)18(24-3)11-16(13)19(22)21-8-6-15(7-9-21)20-12-14-4-5-14/h10-11,14-15,20H,4-9,12H2,1-3H3. The van der Waals surface area contributed by atoms with Crippen molar-refractivity contribution in [2.75, 3.05) is 33.9 Å². The minimum atomic E-state index is 0.0918. The van der Waals surface area contributed by atoms with Crippen molar-refractivity contribution >= 4 is 5.91 Å². The molecule has 24 heavy (non-hydrogen) atoms. The van der Waals surface area contributed by atoms with E-state index in [0.717, 1.165) is 44.0 Å². The lowest BCUT2D eigenvalue weighted by molar-refractivity contribution is 0.0704. The Kier molecular flexibility index (Phi) is 5.29. The predicted octanol–water partition coefficient (Wildman–Crippen LogP) is 2.62. The molecule has 1 aliphatic carbocycles. The lowest BCUT2D eigenvalue weighted by Gasteiger charge is -2.33. The van der Waals surface area contributed by atoms with Gasteiger partial charge in [-0.2, -0.15) is 0 Å². The second-order valence-electron chi connectivity index (χ2n) is 6.94. The van der Waals surface area contributed by atoms with Gasteiger partial charge in [-0.05, 0) is 62.8 Å². The van der Waals surface area contributed by atoms with E-state index in [1.165, 1.54) is 12.8 Å². The molecule has 0 unspecified atom stereocenters. The zero-order valence-corrected chi connectivity index (χ0v) is 14.9. The highest BCUT2D eigenvalue weighted by Crippen LogP contribution is 2.31. The molecule has 2 fully saturated rings. The van der Waals surface area contributed by atoms with Crippen molar-refractivity contribution in [2.45, 2.75) is 38.6 Å². The number of carbonyl (C=O) groups is 1. The molecule has 0 aromatic heterocycles. The number of likely N-dealkylation sites (tertiary alicyclic amines) is 1. The molecule has 1 aromatic carbocycles. The van der Waals surface area contributed by atoms with Gasteiger partial charge in [0.15, 0.2) is 11.5 Å². The maximum Gasteiger partial charge on any atom is 0.254 e. The van der Waals surface area contributed by atoms with Crippen LogP contribution in [-0.4, -0.2) is 50.7 Å². The monoisotopic (exact) mass is 332 g/mol. The highest BCUT2D eigenvalue weighted by Gasteiger charge is 2.27. The SMILES string of the molecule is COc1cc(C)c(C(=O)N2CCC(NCC3CC3)CC2)cc1OC. The summed E-state index contributed by atoms with van der Waals surface area (Å²) < 4.78 is 10.6. The van der Waals surface area contributed by atoms with Crippen molar-refractivity contribution in [3.8, 4) is 11.5 Å². The Labute approximate surface area is 144 Å². The maximum absolute atomic E-state index is 12.9. The van der Waals surface area contributed by atoms with Crippen molar-refractivity contribution in [1.29, 1.82) is 0 Å². The average molecular weight is 332 g/mol. The quantitative estimate of drug-likeness (QED) is 0.870. The number of methoxy groups -OCH3 is 2. The lowest BCUT2D eigenvalue weighted by Crippen LogP contribution is -2.45. The number of aryl methyl sites for hydroxylation is 1. The first-order chi connectivity index (χ1) is 11.6. The Morgan fingerprint density at radius 3 is 2.33 bits per heavy atom. The highest BCUT2D eigenvalue weighted by atomic mass is 16.5. The second-order valence-corrected chi connectivity index (χ2v) is 6.94. The van der Waals surface area contributed by atoms with E-state index in [4.69, 9.17) is 9.47 Å². The van der Waals surface area contributed by atoms with Crippen LogP contribution in [0, 0.1) is 12.8 Å². The number of hydrogen-bond acceptors (Lipinski definition) is 4. The van der Waals surface area contributed by atoms with Crippen molar-refractivity contribution in [2.24, 2.45) is 5.92 Å². The van der Waals surface area contributed by atoms with Crippen LogP contribution in [0.3, 0.4) is 0 Å². The Morgan fingerprint density at radius 2 is 1.75 bits per heavy atom. The van der Waals surface area contributed by atoms with E-state index >= 15 is 0 Å². The third-order valence-corrected chi connectivity index (χ3v) is 5.14. The van der Waals surface area contributed by atoms with Crippen molar-refractivity contribution in [1.82, 2.24) is 10.2 Å². The summed E-state index contributed by atoms with van der Waals surface area (Å²) in [5.74, 6) is 2.26. The topological polar surface area (TPSA) is 50.8 Å². The fourth-order valence-electron chi connectivity index (χ4n) is 3.32. The molecule has 5 heteroatoms. The van der Waals surface area contributed by atoms with Gasteiger partial charge in [0.1, 0.15) is 0 Å². The Morgan fingerprint density at radius 1 is 1.12 bits per heavy atom. The van der Waals surface area contributed by atoms with Gasteiger partial charge < -0.3 is 19.7 Å². The van der Waals surface area contributed by atoms with E-state index in [1.807, 2.05) is 17.9 Å². The molecule has 5 nitrogen and oxygen atoms in total. The second kappa shape index (κ2) is 7.43. The van der Waals surface area contributed by atoms with Crippen LogP contribution < -0.4 is 14.8 Å². The average Bonchev–Trinajstić information content (AvgIpc) is 3.44. The molecule has 1 saturated carbocycles. The van der Waals surface area contributed by atoms with Crippen LogP contribution in [0.15, 0.2) is 12.1 Å². The smallest absolute Gasteiger partial charge is 0.254 e. The molecule has 1 heterocycles. The molecular formula is C19H28N2O3. The van der Waals surface area contributed by atoms with Gasteiger partial charge in [0.2, 0.25) is 0 Å². The van der Waals surface area contributed by atoms with Gasteiger partial charge in [0.05, 0.1) is 14.2 Å². The summed E-state index contributed by atoms with van der Waals surface area (Å²) in [6, 6.07) is 4.23. The summed E-state index contributed by atoms with van der Waals surface area (Å²) in [6.45, 7) is 4.72. The van der Waals surface area contributed by atoms with E-state index < -0.39 is 0 Å². The number of nitrogens with zero attached hydrogens (tertiary/aromatic N) is 1. The molecule has 0 spiro atoms. The zero-order chi connectivity index (χ0) is 17.1. The summed E-state index contributed by atoms with van der Waals surface area (Å²) in [5.41, 5.74) is 1.63. The fourth-order valence-corrected chi connectivity index (χ4v) is 3.32. The van der Waals surface area contributed by atoms with Crippen molar-refractivity contribution in [3.63, 3.8) is 0 Å². The number of nitrogens with one attached hydrogen (secondary N) is 1. The molecule has 1 aliphatic heterocycles. The van der Waals surface area contributed by atoms with E-state index in [0.29, 0.717) is 23.1 Å². The van der Waals surface area contributed by atoms with E-state index in [1.54, 1.807) is 20.3 Å². The third-order valence-electron chi connectivity index (χ3n) is 5.14. The van der Waals surface area contributed by atoms with Crippen LogP contribution in [-0.2, 0) is 0 Å². The first-order valence-electron chi connectivity index (χ1n) is 8.87. The molecule has 1 N–H and O–H groups in total. The Hall–Kier alpha value is -1.75. The van der Waals surface area contributed by atoms with Gasteiger partial charge in [0, 0.05) is 24.7 Å². The van der Waals surface area contributed by atoms with E-state index in [-0.39, 0.29) is 5.91 Å². The summed E-state index contributed by atoms with van der Waals surface area (Å²) >= 11 is 0. The Balaban J connectivity index is 1.62. The molecule has 0 bridgehead atoms. The largest absolute Gasteiger partial charge is 0.493 e. The van der Waals surface area contributed by atoms with Crippen molar-refractivity contribution < 1.29 is 14.3 Å². The molecule has 3 rings (SSSR count). The predicted molar refractivity (Wildman–Crippen MR) is 93.9 cm³/mol. The molecular weight excluding hydrogens is 304 g/mol. The molecule has 1 aromatic rings. The van der Waals surface area contributed by atoms with Crippen LogP contribution in [0.4, 0.5) is 0 Å². The molecule has 1 amide bonds. The number of carbonyl (C=O) groups excluding carboxylic acids is 1. The lowest BCUT2D eigenvalue weighted by atomic mass is 10.0. The molecule has 132 valence electrons. The summed E-state index contributed by atoms with van der Waals surface area (Å²) in [6.07, 6.45) is 4.82. The maximum atomic E-state index is 12.9. The zero-order valence-electron chi connectivity index (χ0n) is 14.9. The fraction of sp³-hybridized carbons (Fsp3) is 0.632. The highest BCUT2D eigenvalue weighted by molar-refractivity contribution is 5.96. The molecule has 1 saturated heterocycles. The normalized spacial score (nSPS) is 18.5. The molecule has 0 radical (unpaired) electrons. The van der Waals surface area contributed by atoms with Gasteiger partial charge >= 0.3 is 0 Å². The minimum Gasteiger partial charge on any atom is -0.493 e. The number of benzene rings is 1. The number of rotatable bonds is 6. The van der Waals surface area contributed by atoms with Gasteiger partial charge in [-0.25, -0.2) is 0 Å². The van der Waals surface area contributed by atoms with E-state index in [2.05, 4.69) is 5.32 Å². The third kappa shape index (κ3) is 3.83. The number of amides is 1. The van der Waals surface area contributed by atoms with Crippen molar-refractivity contribution in [3.05, 3.63) is 23.3 Å². The van der Waals surface area contributed by atoms with Gasteiger partial charge in [0.25, 0.3) is 5.91 Å². The van der Waals surface area contributed by atoms with Crippen LogP contribution >= 0.6 is 0 Å². The van der Waals surface area contributed by atoms with Crippen LogP contribution in [0.2, 0.25) is 0 Å². The summed E-state index contributed by atoms with van der Waals surface area (Å²) in [4.78, 5) is 14.8. The first-order valence-corrected chi connectivity index (χ1v) is 8.87. The minimum absolute atomic E-state index is 0.0918. The van der Waals surface area contributed by atoms with Crippen LogP contribution in [0.1, 0.15) is 41.6 Å². The molecule has 2 aliphatic rings. The van der Waals surface area contributed by atoms with Gasteiger partial charge in [-0.3, -0.25) is 4.79 Å². The summed E-state index contributed by atoms with van der Waals surface area (Å²) in [7, 11) is 3.21. The molecule has 0 atom stereocenters. The number of ether oxygens (including phenoxy) is 2. The van der Waals surface area contributed by atoms with Crippen LogP contribution in [0.25, 0.3) is 0 Å². The first kappa shape index (κ1) is 17.1. The van der Waals surface area contributed by atoms with E-state index in [9.17, 15) is 4.79 Å². The van der Waals surface area contributed by atoms with Gasteiger partial charge in [-0.15, -0.1) is 0 Å². The van der Waals surface area contributed by atoms with Crippen LogP contribution in [0.5, 0.6) is 11.5 Å². The Bertz CT molecular complexity index is 591. The summed E-state index contributed by atoms with van der Waals surface area (Å²) in [5, 5.41) is 3.65. The van der Waals surface area contributed by atoms with Gasteiger partial charge in [-0.1, -0.05) is 0 Å².